The summed E-state index contributed by atoms with van der Waals surface area (Å²) in [5.41, 5.74) is 0.499. The normalized spacial score (nSPS) is 47.7. The van der Waals surface area contributed by atoms with E-state index in [-0.39, 0.29) is 22.9 Å². The third kappa shape index (κ3) is 3.38. The number of Topliss-reactive ketones (excluding diaryl/α,β-unsaturated/α-hetero) is 1. The van der Waals surface area contributed by atoms with Gasteiger partial charge in [-0.15, -0.1) is 0 Å². The lowest BCUT2D eigenvalue weighted by Crippen LogP contribution is -2.58. The van der Waals surface area contributed by atoms with Crippen molar-refractivity contribution >= 4 is 11.8 Å². The smallest absolute Gasteiger partial charge is 0.305 e. The number of methoxy groups -OCH3 is 1. The van der Waals surface area contributed by atoms with Gasteiger partial charge < -0.3 is 9.84 Å². The van der Waals surface area contributed by atoms with E-state index < -0.39 is 0 Å². The highest BCUT2D eigenvalue weighted by Crippen LogP contribution is 2.68. The zero-order chi connectivity index (χ0) is 21.0. The minimum absolute atomic E-state index is 0.103. The molecule has 4 aliphatic rings. The van der Waals surface area contributed by atoms with Crippen LogP contribution in [0.25, 0.3) is 0 Å². The number of aliphatic hydroxyl groups is 1. The summed E-state index contributed by atoms with van der Waals surface area (Å²) in [7, 11) is 1.47. The number of ketones is 1. The van der Waals surface area contributed by atoms with Crippen molar-refractivity contribution in [2.75, 3.05) is 7.11 Å². The first-order valence-electron chi connectivity index (χ1n) is 12.0. The van der Waals surface area contributed by atoms with E-state index in [4.69, 9.17) is 4.74 Å². The molecule has 4 aliphatic carbocycles. The van der Waals surface area contributed by atoms with Gasteiger partial charge in [0.15, 0.2) is 0 Å². The fraction of sp³-hybridized carbons (Fsp3) is 0.920. The Morgan fingerprint density at radius 2 is 1.90 bits per heavy atom. The highest BCUT2D eigenvalue weighted by Gasteiger charge is 2.62. The van der Waals surface area contributed by atoms with E-state index in [1.54, 1.807) is 0 Å². The van der Waals surface area contributed by atoms with Gasteiger partial charge in [0, 0.05) is 19.3 Å². The van der Waals surface area contributed by atoms with Crippen molar-refractivity contribution < 1.29 is 19.4 Å². The molecule has 0 aromatic heterocycles. The zero-order valence-electron chi connectivity index (χ0n) is 18.8. The molecule has 1 N–H and O–H groups in total. The van der Waals surface area contributed by atoms with Gasteiger partial charge in [0.05, 0.1) is 13.2 Å². The van der Waals surface area contributed by atoms with Crippen LogP contribution in [-0.4, -0.2) is 30.1 Å². The summed E-state index contributed by atoms with van der Waals surface area (Å²) in [6.07, 6.45) is 9.27. The number of ether oxygens (including phenoxy) is 1. The fourth-order valence-corrected chi connectivity index (χ4v) is 8.64. The van der Waals surface area contributed by atoms with E-state index in [1.165, 1.54) is 32.8 Å². The number of hydrogen-bond acceptors (Lipinski definition) is 4. The van der Waals surface area contributed by atoms with E-state index >= 15 is 0 Å². The van der Waals surface area contributed by atoms with Gasteiger partial charge in [-0.05, 0) is 91.3 Å². The number of hydrogen-bond donors (Lipinski definition) is 1. The van der Waals surface area contributed by atoms with Crippen LogP contribution in [0.2, 0.25) is 0 Å². The standard InChI is InChI=1S/C25H40O4/c1-15(5-8-22(28)29-4)18-6-7-19-23-20(10-12-25(18,19)3)24(2)11-9-17(26)13-16(24)14-21(23)27/h15-16,18-21,23,27H,5-14H2,1-4H3/t15-,16?,18-,19?,20?,21-,23?,24+,25-/m1/s1. The van der Waals surface area contributed by atoms with Crippen molar-refractivity contribution in [2.24, 2.45) is 46.3 Å². The van der Waals surface area contributed by atoms with Gasteiger partial charge in [0.25, 0.3) is 0 Å². The molecule has 4 heteroatoms. The molecule has 0 saturated heterocycles. The van der Waals surface area contributed by atoms with E-state index in [0.29, 0.717) is 54.1 Å². The lowest BCUT2D eigenvalue weighted by molar-refractivity contribution is -0.169. The zero-order valence-corrected chi connectivity index (χ0v) is 18.8. The molecular formula is C25H40O4. The van der Waals surface area contributed by atoms with Crippen molar-refractivity contribution in [3.8, 4) is 0 Å². The van der Waals surface area contributed by atoms with Crippen LogP contribution >= 0.6 is 0 Å². The summed E-state index contributed by atoms with van der Waals surface area (Å²) in [4.78, 5) is 23.7. The fourth-order valence-electron chi connectivity index (χ4n) is 8.64. The van der Waals surface area contributed by atoms with Gasteiger partial charge in [0.1, 0.15) is 5.78 Å². The predicted octanol–water partition coefficient (Wildman–Crippen LogP) is 4.77. The van der Waals surface area contributed by atoms with Crippen LogP contribution in [0.5, 0.6) is 0 Å². The third-order valence-electron chi connectivity index (χ3n) is 10.3. The number of carbonyl (C=O) groups is 2. The Morgan fingerprint density at radius 3 is 2.62 bits per heavy atom. The molecule has 4 unspecified atom stereocenters. The molecule has 0 heterocycles. The summed E-state index contributed by atoms with van der Waals surface area (Å²) in [6.45, 7) is 7.22. The summed E-state index contributed by atoms with van der Waals surface area (Å²) in [5, 5.41) is 11.3. The van der Waals surface area contributed by atoms with Crippen LogP contribution in [0.1, 0.15) is 85.0 Å². The Morgan fingerprint density at radius 1 is 1.17 bits per heavy atom. The molecule has 0 spiro atoms. The average molecular weight is 405 g/mol. The SMILES string of the molecule is COC(=O)CC[C@@H](C)[C@H]1CCC2C3C(CC[C@@]21C)[C@@]1(C)CCC(=O)CC1C[C@H]3O. The van der Waals surface area contributed by atoms with Gasteiger partial charge in [-0.2, -0.15) is 0 Å². The van der Waals surface area contributed by atoms with E-state index in [1.807, 2.05) is 0 Å². The van der Waals surface area contributed by atoms with Crippen LogP contribution in [0.4, 0.5) is 0 Å². The Hall–Kier alpha value is -0.900. The second kappa shape index (κ2) is 7.66. The van der Waals surface area contributed by atoms with Crippen molar-refractivity contribution in [1.82, 2.24) is 0 Å². The lowest BCUT2D eigenvalue weighted by atomic mass is 9.44. The van der Waals surface area contributed by atoms with Crippen molar-refractivity contribution in [3.05, 3.63) is 0 Å². The molecule has 164 valence electrons. The van der Waals surface area contributed by atoms with Gasteiger partial charge in [-0.25, -0.2) is 0 Å². The number of rotatable bonds is 4. The first-order chi connectivity index (χ1) is 13.7. The Kier molecular flexibility index (Phi) is 5.63. The molecule has 29 heavy (non-hydrogen) atoms. The minimum atomic E-state index is -0.252. The molecule has 4 fully saturated rings. The van der Waals surface area contributed by atoms with Gasteiger partial charge >= 0.3 is 5.97 Å². The topological polar surface area (TPSA) is 63.6 Å². The van der Waals surface area contributed by atoms with Crippen molar-refractivity contribution in [2.45, 2.75) is 91.1 Å². The molecule has 4 rings (SSSR count). The largest absolute Gasteiger partial charge is 0.469 e. The minimum Gasteiger partial charge on any atom is -0.469 e. The Balaban J connectivity index is 1.53. The van der Waals surface area contributed by atoms with Crippen molar-refractivity contribution in [3.63, 3.8) is 0 Å². The van der Waals surface area contributed by atoms with Crippen molar-refractivity contribution in [1.29, 1.82) is 0 Å². The summed E-state index contributed by atoms with van der Waals surface area (Å²) in [6, 6.07) is 0. The maximum Gasteiger partial charge on any atom is 0.305 e. The molecule has 0 aliphatic heterocycles. The number of aliphatic hydroxyl groups excluding tert-OH is 1. The second-order valence-corrected chi connectivity index (χ2v) is 11.4. The summed E-state index contributed by atoms with van der Waals surface area (Å²) in [5.74, 6) is 3.35. The van der Waals surface area contributed by atoms with Crippen LogP contribution in [0.15, 0.2) is 0 Å². The van der Waals surface area contributed by atoms with E-state index in [2.05, 4.69) is 20.8 Å². The summed E-state index contributed by atoms with van der Waals surface area (Å²) < 4.78 is 4.85. The van der Waals surface area contributed by atoms with Gasteiger partial charge in [-0.3, -0.25) is 9.59 Å². The van der Waals surface area contributed by atoms with E-state index in [9.17, 15) is 14.7 Å². The van der Waals surface area contributed by atoms with Crippen LogP contribution < -0.4 is 0 Å². The highest BCUT2D eigenvalue weighted by molar-refractivity contribution is 5.79. The monoisotopic (exact) mass is 404 g/mol. The van der Waals surface area contributed by atoms with Gasteiger partial charge in [0.2, 0.25) is 0 Å². The Bertz CT molecular complexity index is 659. The molecule has 0 bridgehead atoms. The Labute approximate surface area is 176 Å². The number of esters is 1. The van der Waals surface area contributed by atoms with Crippen LogP contribution in [-0.2, 0) is 14.3 Å². The predicted molar refractivity (Wildman–Crippen MR) is 112 cm³/mol. The molecule has 0 radical (unpaired) electrons. The maximum absolute atomic E-state index is 12.1. The lowest BCUT2D eigenvalue weighted by Gasteiger charge is -2.62. The molecular weight excluding hydrogens is 364 g/mol. The van der Waals surface area contributed by atoms with Crippen LogP contribution in [0.3, 0.4) is 0 Å². The first kappa shape index (κ1) is 21.3. The molecule has 0 amide bonds. The average Bonchev–Trinajstić information content (AvgIpc) is 3.04. The third-order valence-corrected chi connectivity index (χ3v) is 10.3. The van der Waals surface area contributed by atoms with E-state index in [0.717, 1.165) is 25.7 Å². The highest BCUT2D eigenvalue weighted by atomic mass is 16.5. The summed E-state index contributed by atoms with van der Waals surface area (Å²) >= 11 is 0. The molecule has 0 aromatic rings. The maximum atomic E-state index is 12.1. The number of fused-ring (bicyclic) bond motifs is 5. The molecule has 0 aromatic carbocycles. The molecule has 4 nitrogen and oxygen atoms in total. The number of carbonyl (C=O) groups excluding carboxylic acids is 2. The van der Waals surface area contributed by atoms with Crippen LogP contribution in [0, 0.1) is 46.3 Å². The second-order valence-electron chi connectivity index (χ2n) is 11.4. The molecule has 4 saturated carbocycles. The molecule has 9 atom stereocenters. The quantitative estimate of drug-likeness (QED) is 0.685. The first-order valence-corrected chi connectivity index (χ1v) is 12.0. The van der Waals surface area contributed by atoms with Gasteiger partial charge in [-0.1, -0.05) is 20.8 Å².